The van der Waals surface area contributed by atoms with Crippen molar-refractivity contribution < 1.29 is 4.79 Å². The van der Waals surface area contributed by atoms with Crippen molar-refractivity contribution in [1.29, 1.82) is 0 Å². The third-order valence-corrected chi connectivity index (χ3v) is 5.26. The number of nitrogens with one attached hydrogen (secondary N) is 3. The van der Waals surface area contributed by atoms with Gasteiger partial charge in [-0.05, 0) is 42.7 Å². The molecule has 1 aliphatic heterocycles. The molecular weight excluding hydrogens is 527 g/mol. The number of guanidine groups is 1. The number of carbonyl (C=O) groups excluding carboxylic acids is 1. The maximum Gasteiger partial charge on any atom is 0.224 e. The van der Waals surface area contributed by atoms with Gasteiger partial charge in [-0.1, -0.05) is 30.7 Å². The Kier molecular flexibility index (Phi) is 10.3. The zero-order valence-corrected chi connectivity index (χ0v) is 21.0. The fourth-order valence-electron chi connectivity index (χ4n) is 3.41. The van der Waals surface area contributed by atoms with E-state index in [9.17, 15) is 4.79 Å². The topological polar surface area (TPSA) is 81.6 Å². The second-order valence-electron chi connectivity index (χ2n) is 7.31. The highest BCUT2D eigenvalue weighted by Gasteiger charge is 2.25. The minimum atomic E-state index is 0. The average Bonchev–Trinajstić information content (AvgIpc) is 3.21. The number of aliphatic imine (C=N–C) groups is 1. The lowest BCUT2D eigenvalue weighted by molar-refractivity contribution is -0.116. The summed E-state index contributed by atoms with van der Waals surface area (Å²) in [6, 6.07) is 11.8. The van der Waals surface area contributed by atoms with Crippen LogP contribution in [-0.4, -0.2) is 43.0 Å². The summed E-state index contributed by atoms with van der Waals surface area (Å²) in [6.07, 6.45) is 4.13. The van der Waals surface area contributed by atoms with E-state index in [4.69, 9.17) is 11.6 Å². The normalized spacial score (nSPS) is 15.9. The number of hydrogen-bond acceptors (Lipinski definition) is 4. The number of rotatable bonds is 7. The highest BCUT2D eigenvalue weighted by atomic mass is 127. The van der Waals surface area contributed by atoms with Crippen LogP contribution in [0.5, 0.6) is 0 Å². The van der Waals surface area contributed by atoms with Crippen LogP contribution in [0.25, 0.3) is 0 Å². The summed E-state index contributed by atoms with van der Waals surface area (Å²) in [5.41, 5.74) is 1.93. The van der Waals surface area contributed by atoms with E-state index in [0.717, 1.165) is 49.0 Å². The largest absolute Gasteiger partial charge is 0.353 e. The molecular formula is C22H30ClIN6O. The molecule has 2 heterocycles. The van der Waals surface area contributed by atoms with E-state index in [1.54, 1.807) is 13.2 Å². The van der Waals surface area contributed by atoms with Crippen LogP contribution in [0.4, 0.5) is 11.5 Å². The Hall–Kier alpha value is -2.07. The summed E-state index contributed by atoms with van der Waals surface area (Å²) >= 11 is 6.27. The fourth-order valence-corrected chi connectivity index (χ4v) is 3.65. The number of aromatic nitrogens is 1. The van der Waals surface area contributed by atoms with Crippen molar-refractivity contribution in [2.24, 2.45) is 4.99 Å². The van der Waals surface area contributed by atoms with Crippen LogP contribution in [0, 0.1) is 0 Å². The monoisotopic (exact) mass is 556 g/mol. The number of pyridine rings is 1. The first kappa shape index (κ1) is 25.2. The number of hydrogen-bond donors (Lipinski definition) is 3. The van der Waals surface area contributed by atoms with Gasteiger partial charge < -0.3 is 20.9 Å². The number of benzene rings is 1. The zero-order chi connectivity index (χ0) is 21.3. The van der Waals surface area contributed by atoms with Crippen molar-refractivity contribution in [3.05, 3.63) is 53.2 Å². The van der Waals surface area contributed by atoms with Crippen LogP contribution in [0.3, 0.4) is 0 Å². The summed E-state index contributed by atoms with van der Waals surface area (Å²) in [5, 5.41) is 10.4. The van der Waals surface area contributed by atoms with Gasteiger partial charge >= 0.3 is 0 Å². The molecule has 0 saturated carbocycles. The highest BCUT2D eigenvalue weighted by Crippen LogP contribution is 2.25. The lowest BCUT2D eigenvalue weighted by atomic mass is 10.2. The van der Waals surface area contributed by atoms with Gasteiger partial charge in [0.25, 0.3) is 0 Å². The Balaban J connectivity index is 0.00000341. The molecule has 1 fully saturated rings. The Morgan fingerprint density at radius 1 is 1.29 bits per heavy atom. The van der Waals surface area contributed by atoms with Crippen LogP contribution >= 0.6 is 35.6 Å². The first-order valence-corrected chi connectivity index (χ1v) is 10.7. The molecule has 1 saturated heterocycles. The third kappa shape index (κ3) is 7.53. The molecule has 0 aliphatic carbocycles. The van der Waals surface area contributed by atoms with Crippen LogP contribution in [-0.2, 0) is 11.3 Å². The van der Waals surface area contributed by atoms with Gasteiger partial charge in [-0.15, -0.1) is 24.0 Å². The average molecular weight is 557 g/mol. The molecule has 1 aliphatic rings. The van der Waals surface area contributed by atoms with Crippen molar-refractivity contribution in [3.8, 4) is 0 Å². The Labute approximate surface area is 206 Å². The molecule has 1 atom stereocenters. The summed E-state index contributed by atoms with van der Waals surface area (Å²) < 4.78 is 0. The lowest BCUT2D eigenvalue weighted by Gasteiger charge is -2.20. The van der Waals surface area contributed by atoms with Gasteiger partial charge in [-0.25, -0.2) is 4.98 Å². The first-order chi connectivity index (χ1) is 14.6. The van der Waals surface area contributed by atoms with Crippen LogP contribution in [0.15, 0.2) is 47.6 Å². The Morgan fingerprint density at radius 2 is 2.06 bits per heavy atom. The molecule has 2 aromatic rings. The Bertz CT molecular complexity index is 877. The number of nitrogens with zero attached hydrogens (tertiary/aromatic N) is 3. The van der Waals surface area contributed by atoms with Crippen molar-refractivity contribution in [2.75, 3.05) is 30.4 Å². The van der Waals surface area contributed by atoms with E-state index in [-0.39, 0.29) is 35.9 Å². The maximum atomic E-state index is 11.7. The molecule has 0 bridgehead atoms. The number of halogens is 2. The molecule has 0 spiro atoms. The second-order valence-corrected chi connectivity index (χ2v) is 7.71. The summed E-state index contributed by atoms with van der Waals surface area (Å²) in [7, 11) is 1.77. The van der Waals surface area contributed by atoms with Gasteiger partial charge in [0.2, 0.25) is 5.91 Å². The van der Waals surface area contributed by atoms with Gasteiger partial charge in [0, 0.05) is 51.0 Å². The maximum absolute atomic E-state index is 11.7. The molecule has 9 heteroatoms. The molecule has 1 amide bonds. The van der Waals surface area contributed by atoms with Gasteiger partial charge in [0.05, 0.1) is 5.02 Å². The smallest absolute Gasteiger partial charge is 0.224 e. The second kappa shape index (κ2) is 12.7. The molecule has 1 aromatic heterocycles. The van der Waals surface area contributed by atoms with Gasteiger partial charge in [-0.2, -0.15) is 0 Å². The van der Waals surface area contributed by atoms with E-state index >= 15 is 0 Å². The first-order valence-electron chi connectivity index (χ1n) is 10.3. The summed E-state index contributed by atoms with van der Waals surface area (Å²) in [6.45, 7) is 4.36. The minimum absolute atomic E-state index is 0. The molecule has 31 heavy (non-hydrogen) atoms. The van der Waals surface area contributed by atoms with Crippen LogP contribution < -0.4 is 20.9 Å². The number of anilines is 2. The molecule has 1 aromatic carbocycles. The molecule has 3 rings (SSSR count). The number of amides is 1. The summed E-state index contributed by atoms with van der Waals surface area (Å²) in [4.78, 5) is 22.6. The zero-order valence-electron chi connectivity index (χ0n) is 17.9. The van der Waals surface area contributed by atoms with Crippen molar-refractivity contribution in [1.82, 2.24) is 15.6 Å². The van der Waals surface area contributed by atoms with Gasteiger partial charge in [0.15, 0.2) is 5.96 Å². The third-order valence-electron chi connectivity index (χ3n) is 4.97. The quantitative estimate of drug-likeness (QED) is 0.273. The van der Waals surface area contributed by atoms with E-state index in [1.807, 2.05) is 43.3 Å². The van der Waals surface area contributed by atoms with E-state index in [1.165, 1.54) is 0 Å². The SMILES string of the molecule is CCCC(=O)Nc1ccc(CNC(=NC)NC2CCN(c3ncccc3Cl)C2)cc1.I. The summed E-state index contributed by atoms with van der Waals surface area (Å²) in [5.74, 6) is 1.64. The van der Waals surface area contributed by atoms with Crippen molar-refractivity contribution in [3.63, 3.8) is 0 Å². The van der Waals surface area contributed by atoms with E-state index < -0.39 is 0 Å². The van der Waals surface area contributed by atoms with Crippen LogP contribution in [0.1, 0.15) is 31.7 Å². The molecule has 7 nitrogen and oxygen atoms in total. The predicted octanol–water partition coefficient (Wildman–Crippen LogP) is 4.04. The molecule has 168 valence electrons. The molecule has 1 unspecified atom stereocenters. The molecule has 3 N–H and O–H groups in total. The van der Waals surface area contributed by atoms with E-state index in [2.05, 4.69) is 30.8 Å². The van der Waals surface area contributed by atoms with Crippen LogP contribution in [0.2, 0.25) is 5.02 Å². The minimum Gasteiger partial charge on any atom is -0.353 e. The van der Waals surface area contributed by atoms with Gasteiger partial charge in [-0.3, -0.25) is 9.79 Å². The highest BCUT2D eigenvalue weighted by molar-refractivity contribution is 14.0. The van der Waals surface area contributed by atoms with E-state index in [0.29, 0.717) is 18.0 Å². The van der Waals surface area contributed by atoms with Gasteiger partial charge in [0.1, 0.15) is 5.82 Å². The Morgan fingerprint density at radius 3 is 2.74 bits per heavy atom. The lowest BCUT2D eigenvalue weighted by Crippen LogP contribution is -2.44. The predicted molar refractivity (Wildman–Crippen MR) is 139 cm³/mol. The fraction of sp³-hybridized carbons (Fsp3) is 0.409. The standard InChI is InChI=1S/C22H29ClN6O.HI/c1-3-5-20(30)27-17-9-7-16(8-10-17)14-26-22(24-2)28-18-11-13-29(15-18)21-19(23)6-4-12-25-21;/h4,6-10,12,18H,3,5,11,13-15H2,1-2H3,(H,27,30)(H2,24,26,28);1H. The molecule has 0 radical (unpaired) electrons. The number of carbonyl (C=O) groups is 1. The van der Waals surface area contributed by atoms with Crippen molar-refractivity contribution >= 4 is 58.9 Å². The van der Waals surface area contributed by atoms with Crippen molar-refractivity contribution in [2.45, 2.75) is 38.8 Å².